The van der Waals surface area contributed by atoms with Crippen LogP contribution in [0.1, 0.15) is 25.7 Å². The molecular weight excluding hydrogens is 350 g/mol. The molecular formula is C22H25N5O. The summed E-state index contributed by atoms with van der Waals surface area (Å²) in [6, 6.07) is 17.5. The van der Waals surface area contributed by atoms with Crippen molar-refractivity contribution in [2.24, 2.45) is 5.92 Å². The summed E-state index contributed by atoms with van der Waals surface area (Å²) in [5, 5.41) is 13.7. The summed E-state index contributed by atoms with van der Waals surface area (Å²) in [5.41, 5.74) is 2.55. The number of nitrogens with zero attached hydrogens (tertiary/aromatic N) is 2. The van der Waals surface area contributed by atoms with E-state index in [1.165, 1.54) is 0 Å². The third-order valence-corrected chi connectivity index (χ3v) is 5.21. The molecule has 1 aliphatic rings. The topological polar surface area (TPSA) is 82.7 Å². The lowest BCUT2D eigenvalue weighted by atomic mass is 9.93. The molecule has 0 spiro atoms. The van der Waals surface area contributed by atoms with Crippen molar-refractivity contribution in [1.29, 1.82) is 0 Å². The van der Waals surface area contributed by atoms with Gasteiger partial charge >= 0.3 is 0 Å². The van der Waals surface area contributed by atoms with E-state index in [0.717, 1.165) is 49.2 Å². The molecule has 4 rings (SSSR count). The van der Waals surface area contributed by atoms with Crippen molar-refractivity contribution in [1.82, 2.24) is 20.5 Å². The van der Waals surface area contributed by atoms with Crippen LogP contribution in [-0.2, 0) is 4.79 Å². The predicted molar refractivity (Wildman–Crippen MR) is 111 cm³/mol. The monoisotopic (exact) mass is 375 g/mol. The number of H-pyrrole nitrogens is 1. The number of amides is 1. The molecule has 28 heavy (non-hydrogen) atoms. The van der Waals surface area contributed by atoms with Crippen LogP contribution < -0.4 is 10.6 Å². The first-order chi connectivity index (χ1) is 13.8. The van der Waals surface area contributed by atoms with E-state index in [-0.39, 0.29) is 5.91 Å². The number of benzene rings is 2. The Morgan fingerprint density at radius 2 is 1.79 bits per heavy atom. The normalized spacial score (nSPS) is 14.7. The smallest absolute Gasteiger partial charge is 0.224 e. The summed E-state index contributed by atoms with van der Waals surface area (Å²) in [6.45, 7) is 2.12. The number of hydrogen-bond acceptors (Lipinski definition) is 4. The molecule has 0 saturated carbocycles. The number of aromatic nitrogens is 3. The lowest BCUT2D eigenvalue weighted by Crippen LogP contribution is -2.28. The summed E-state index contributed by atoms with van der Waals surface area (Å²) in [7, 11) is 0. The molecule has 1 amide bonds. The number of carbonyl (C=O) groups excluding carboxylic acids is 1. The minimum Gasteiger partial charge on any atom is -0.325 e. The van der Waals surface area contributed by atoms with Gasteiger partial charge in [-0.2, -0.15) is 5.10 Å². The Morgan fingerprint density at radius 3 is 2.61 bits per heavy atom. The Balaban J connectivity index is 1.45. The first kappa shape index (κ1) is 18.4. The van der Waals surface area contributed by atoms with E-state index in [1.54, 1.807) is 0 Å². The van der Waals surface area contributed by atoms with Crippen LogP contribution in [0.5, 0.6) is 0 Å². The zero-order valence-electron chi connectivity index (χ0n) is 15.8. The fourth-order valence-electron chi connectivity index (χ4n) is 3.62. The largest absolute Gasteiger partial charge is 0.325 e. The zero-order valence-corrected chi connectivity index (χ0v) is 15.8. The highest BCUT2D eigenvalue weighted by molar-refractivity contribution is 5.94. The number of rotatable bonds is 6. The highest BCUT2D eigenvalue weighted by Crippen LogP contribution is 2.27. The van der Waals surface area contributed by atoms with E-state index in [4.69, 9.17) is 0 Å². The van der Waals surface area contributed by atoms with Gasteiger partial charge in [0.1, 0.15) is 0 Å². The molecule has 1 aromatic heterocycles. The Bertz CT molecular complexity index is 915. The lowest BCUT2D eigenvalue weighted by molar-refractivity contribution is -0.116. The molecule has 0 unspecified atom stereocenters. The van der Waals surface area contributed by atoms with Crippen LogP contribution in [0.15, 0.2) is 54.6 Å². The molecule has 2 aromatic carbocycles. The molecule has 0 bridgehead atoms. The maximum Gasteiger partial charge on any atom is 0.224 e. The van der Waals surface area contributed by atoms with Gasteiger partial charge in [0.15, 0.2) is 11.6 Å². The van der Waals surface area contributed by atoms with Gasteiger partial charge in [0, 0.05) is 17.5 Å². The molecule has 3 aromatic rings. The molecule has 0 aliphatic carbocycles. The van der Waals surface area contributed by atoms with Gasteiger partial charge in [-0.3, -0.25) is 9.89 Å². The molecule has 2 heterocycles. The average molecular weight is 375 g/mol. The Kier molecular flexibility index (Phi) is 5.77. The molecule has 6 nitrogen and oxygen atoms in total. The van der Waals surface area contributed by atoms with Gasteiger partial charge in [0.2, 0.25) is 5.91 Å². The van der Waals surface area contributed by atoms with Crippen molar-refractivity contribution in [3.8, 4) is 22.8 Å². The minimum atomic E-state index is 0.0498. The maximum absolute atomic E-state index is 12.5. The lowest BCUT2D eigenvalue weighted by Gasteiger charge is -2.22. The van der Waals surface area contributed by atoms with Crippen molar-refractivity contribution >= 4 is 11.6 Å². The van der Waals surface area contributed by atoms with Crippen LogP contribution in [0.2, 0.25) is 0 Å². The van der Waals surface area contributed by atoms with Crippen molar-refractivity contribution in [2.45, 2.75) is 25.7 Å². The maximum atomic E-state index is 12.5. The van der Waals surface area contributed by atoms with E-state index >= 15 is 0 Å². The fraction of sp³-hybridized carbons (Fsp3) is 0.318. The Hall–Kier alpha value is -2.99. The van der Waals surface area contributed by atoms with Gasteiger partial charge in [-0.05, 0) is 50.4 Å². The Morgan fingerprint density at radius 1 is 1.04 bits per heavy atom. The number of nitrogens with one attached hydrogen (secondary N) is 3. The number of aromatic amines is 1. The van der Waals surface area contributed by atoms with Crippen LogP contribution in [0.3, 0.4) is 0 Å². The summed E-state index contributed by atoms with van der Waals surface area (Å²) in [5.74, 6) is 1.98. The zero-order chi connectivity index (χ0) is 19.2. The number of para-hydroxylation sites is 1. The van der Waals surface area contributed by atoms with Crippen molar-refractivity contribution < 1.29 is 4.79 Å². The molecule has 3 N–H and O–H groups in total. The Labute approximate surface area is 164 Å². The van der Waals surface area contributed by atoms with Gasteiger partial charge < -0.3 is 10.6 Å². The first-order valence-corrected chi connectivity index (χ1v) is 9.87. The van der Waals surface area contributed by atoms with Crippen LogP contribution in [0, 0.1) is 5.92 Å². The van der Waals surface area contributed by atoms with Gasteiger partial charge in [-0.1, -0.05) is 42.5 Å². The molecule has 0 atom stereocenters. The molecule has 1 aliphatic heterocycles. The summed E-state index contributed by atoms with van der Waals surface area (Å²) in [6.07, 6.45) is 3.80. The number of anilines is 1. The number of hydrogen-bond donors (Lipinski definition) is 3. The molecule has 1 fully saturated rings. The minimum absolute atomic E-state index is 0.0498. The van der Waals surface area contributed by atoms with E-state index in [0.29, 0.717) is 24.0 Å². The summed E-state index contributed by atoms with van der Waals surface area (Å²) in [4.78, 5) is 17.1. The molecule has 1 saturated heterocycles. The third kappa shape index (κ3) is 4.46. The van der Waals surface area contributed by atoms with Gasteiger partial charge in [0.05, 0.1) is 5.69 Å². The van der Waals surface area contributed by atoms with E-state index in [1.807, 2.05) is 54.6 Å². The van der Waals surface area contributed by atoms with Crippen molar-refractivity contribution in [2.75, 3.05) is 18.4 Å². The number of carbonyl (C=O) groups is 1. The van der Waals surface area contributed by atoms with Crippen LogP contribution in [0.25, 0.3) is 22.8 Å². The average Bonchev–Trinajstić information content (AvgIpc) is 3.24. The van der Waals surface area contributed by atoms with Crippen LogP contribution >= 0.6 is 0 Å². The molecule has 6 heteroatoms. The second-order valence-corrected chi connectivity index (χ2v) is 7.20. The number of piperidine rings is 1. The second-order valence-electron chi connectivity index (χ2n) is 7.20. The van der Waals surface area contributed by atoms with Crippen molar-refractivity contribution in [3.05, 3.63) is 54.6 Å². The quantitative estimate of drug-likeness (QED) is 0.611. The van der Waals surface area contributed by atoms with E-state index in [9.17, 15) is 4.79 Å². The summed E-state index contributed by atoms with van der Waals surface area (Å²) < 4.78 is 0. The van der Waals surface area contributed by atoms with Gasteiger partial charge in [-0.25, -0.2) is 4.98 Å². The highest BCUT2D eigenvalue weighted by Gasteiger charge is 2.16. The van der Waals surface area contributed by atoms with E-state index in [2.05, 4.69) is 25.8 Å². The predicted octanol–water partition coefficient (Wildman–Crippen LogP) is 3.86. The third-order valence-electron chi connectivity index (χ3n) is 5.21. The summed E-state index contributed by atoms with van der Waals surface area (Å²) >= 11 is 0. The van der Waals surface area contributed by atoms with Gasteiger partial charge in [0.25, 0.3) is 0 Å². The fourth-order valence-corrected chi connectivity index (χ4v) is 3.62. The van der Waals surface area contributed by atoms with Crippen LogP contribution in [-0.4, -0.2) is 34.2 Å². The van der Waals surface area contributed by atoms with Crippen molar-refractivity contribution in [3.63, 3.8) is 0 Å². The first-order valence-electron chi connectivity index (χ1n) is 9.87. The van der Waals surface area contributed by atoms with E-state index < -0.39 is 0 Å². The van der Waals surface area contributed by atoms with Crippen LogP contribution in [0.4, 0.5) is 5.69 Å². The highest BCUT2D eigenvalue weighted by atomic mass is 16.1. The standard InChI is InChI=1S/C22H25N5O/c28-20(11-10-16-12-14-23-15-13-16)24-19-9-5-4-8-18(19)22-25-21(26-27-22)17-6-2-1-3-7-17/h1-9,16,23H,10-15H2,(H,24,28)(H,25,26,27). The molecule has 0 radical (unpaired) electrons. The van der Waals surface area contributed by atoms with Gasteiger partial charge in [-0.15, -0.1) is 0 Å². The SMILES string of the molecule is O=C(CCC1CCNCC1)Nc1ccccc1-c1nc(-c2ccccc2)n[nH]1. The second kappa shape index (κ2) is 8.80. The molecule has 144 valence electrons.